The maximum Gasteiger partial charge on any atom is 0.307 e. The van der Waals surface area contributed by atoms with Gasteiger partial charge in [-0.15, -0.1) is 0 Å². The van der Waals surface area contributed by atoms with Crippen LogP contribution in [-0.4, -0.2) is 32.6 Å². The van der Waals surface area contributed by atoms with Crippen LogP contribution in [0.2, 0.25) is 5.02 Å². The fourth-order valence-corrected chi connectivity index (χ4v) is 1.90. The fourth-order valence-electron chi connectivity index (χ4n) is 1.62. The summed E-state index contributed by atoms with van der Waals surface area (Å²) in [6.45, 7) is 0.287. The van der Waals surface area contributed by atoms with Gasteiger partial charge in [0.15, 0.2) is 0 Å². The number of benzene rings is 1. The van der Waals surface area contributed by atoms with Gasteiger partial charge in [0, 0.05) is 13.0 Å². The zero-order valence-electron chi connectivity index (χ0n) is 11.6. The van der Waals surface area contributed by atoms with Gasteiger partial charge >= 0.3 is 5.97 Å². The second-order valence-corrected chi connectivity index (χ2v) is 4.55. The summed E-state index contributed by atoms with van der Waals surface area (Å²) in [4.78, 5) is 22.4. The fraction of sp³-hybridized carbons (Fsp3) is 0.429. The Bertz CT molecular complexity index is 476. The highest BCUT2D eigenvalue weighted by Gasteiger charge is 2.06. The Hall–Kier alpha value is -1.75. The van der Waals surface area contributed by atoms with Gasteiger partial charge in [0.05, 0.1) is 25.7 Å². The number of nitrogens with one attached hydrogen (secondary N) is 1. The van der Waals surface area contributed by atoms with E-state index in [2.05, 4.69) is 10.1 Å². The summed E-state index contributed by atoms with van der Waals surface area (Å²) < 4.78 is 9.54. The molecule has 1 aromatic rings. The Morgan fingerprint density at radius 1 is 1.25 bits per heavy atom. The Morgan fingerprint density at radius 2 is 2.00 bits per heavy atom. The van der Waals surface area contributed by atoms with Gasteiger partial charge in [0.2, 0.25) is 5.91 Å². The average Bonchev–Trinajstić information content (AvgIpc) is 2.45. The Labute approximate surface area is 123 Å². The lowest BCUT2D eigenvalue weighted by Gasteiger charge is -2.07. The molecule has 0 fully saturated rings. The quantitative estimate of drug-likeness (QED) is 0.782. The van der Waals surface area contributed by atoms with Crippen molar-refractivity contribution >= 4 is 23.5 Å². The van der Waals surface area contributed by atoms with Crippen molar-refractivity contribution < 1.29 is 19.1 Å². The number of rotatable bonds is 7. The van der Waals surface area contributed by atoms with Crippen LogP contribution < -0.4 is 10.1 Å². The highest BCUT2D eigenvalue weighted by molar-refractivity contribution is 6.32. The van der Waals surface area contributed by atoms with Gasteiger partial charge in [0.1, 0.15) is 5.75 Å². The van der Waals surface area contributed by atoms with Crippen molar-refractivity contribution in [1.29, 1.82) is 0 Å². The molecule has 0 saturated carbocycles. The molecule has 0 bridgehead atoms. The third-order valence-corrected chi connectivity index (χ3v) is 3.03. The summed E-state index contributed by atoms with van der Waals surface area (Å²) in [6.07, 6.45) is 1.09. The standard InChI is InChI=1S/C14H18ClNO4/c1-19-12-5-3-10(9-11(12)15)4-6-13(17)16-8-7-14(18)20-2/h3,5,9H,4,6-8H2,1-2H3,(H,16,17). The molecule has 6 heteroatoms. The van der Waals surface area contributed by atoms with E-state index in [1.165, 1.54) is 7.11 Å². The molecule has 0 aromatic heterocycles. The second kappa shape index (κ2) is 8.43. The third-order valence-electron chi connectivity index (χ3n) is 2.74. The molecule has 0 spiro atoms. The van der Waals surface area contributed by atoms with Crippen LogP contribution >= 0.6 is 11.6 Å². The summed E-state index contributed by atoms with van der Waals surface area (Å²) >= 11 is 6.00. The molecule has 0 aliphatic rings. The van der Waals surface area contributed by atoms with Gasteiger partial charge in [-0.05, 0) is 24.1 Å². The number of methoxy groups -OCH3 is 2. The topological polar surface area (TPSA) is 64.6 Å². The number of esters is 1. The van der Waals surface area contributed by atoms with Gasteiger partial charge < -0.3 is 14.8 Å². The van der Waals surface area contributed by atoms with Crippen molar-refractivity contribution in [2.24, 2.45) is 0 Å². The number of aryl methyl sites for hydroxylation is 1. The van der Waals surface area contributed by atoms with E-state index in [4.69, 9.17) is 16.3 Å². The normalized spacial score (nSPS) is 9.95. The summed E-state index contributed by atoms with van der Waals surface area (Å²) in [5.41, 5.74) is 0.957. The van der Waals surface area contributed by atoms with E-state index in [1.54, 1.807) is 19.2 Å². The number of ether oxygens (including phenoxy) is 2. The van der Waals surface area contributed by atoms with Crippen LogP contribution in [-0.2, 0) is 20.7 Å². The predicted octanol–water partition coefficient (Wildman–Crippen LogP) is 1.96. The first-order valence-electron chi connectivity index (χ1n) is 6.22. The van der Waals surface area contributed by atoms with E-state index in [1.807, 2.05) is 6.07 Å². The molecule has 0 heterocycles. The molecule has 0 aliphatic carbocycles. The number of amides is 1. The van der Waals surface area contributed by atoms with Crippen LogP contribution in [0.15, 0.2) is 18.2 Å². The van der Waals surface area contributed by atoms with Crippen LogP contribution in [0.25, 0.3) is 0 Å². The minimum absolute atomic E-state index is 0.110. The smallest absolute Gasteiger partial charge is 0.307 e. The summed E-state index contributed by atoms with van der Waals surface area (Å²) in [7, 11) is 2.87. The predicted molar refractivity (Wildman–Crippen MR) is 76.0 cm³/mol. The first-order valence-corrected chi connectivity index (χ1v) is 6.60. The lowest BCUT2D eigenvalue weighted by Crippen LogP contribution is -2.26. The average molecular weight is 300 g/mol. The number of carbonyl (C=O) groups excluding carboxylic acids is 2. The van der Waals surface area contributed by atoms with Gasteiger partial charge in [0.25, 0.3) is 0 Å². The molecule has 0 atom stereocenters. The summed E-state index contributed by atoms with van der Waals surface area (Å²) in [6, 6.07) is 5.42. The maximum absolute atomic E-state index is 11.6. The van der Waals surface area contributed by atoms with Crippen LogP contribution in [0.5, 0.6) is 5.75 Å². The number of hydrogen-bond donors (Lipinski definition) is 1. The van der Waals surface area contributed by atoms with Crippen molar-refractivity contribution in [3.05, 3.63) is 28.8 Å². The Kier molecular flexibility index (Phi) is 6.87. The van der Waals surface area contributed by atoms with E-state index in [9.17, 15) is 9.59 Å². The van der Waals surface area contributed by atoms with Crippen molar-refractivity contribution in [2.45, 2.75) is 19.3 Å². The zero-order valence-corrected chi connectivity index (χ0v) is 12.3. The minimum Gasteiger partial charge on any atom is -0.495 e. The summed E-state index contributed by atoms with van der Waals surface area (Å²) in [5, 5.41) is 3.18. The van der Waals surface area contributed by atoms with Gasteiger partial charge in [-0.1, -0.05) is 17.7 Å². The van der Waals surface area contributed by atoms with Crippen LogP contribution in [0.4, 0.5) is 0 Å². The van der Waals surface area contributed by atoms with Gasteiger partial charge in [-0.2, -0.15) is 0 Å². The van der Waals surface area contributed by atoms with Crippen molar-refractivity contribution in [2.75, 3.05) is 20.8 Å². The summed E-state index contributed by atoms with van der Waals surface area (Å²) in [5.74, 6) is 0.158. The third kappa shape index (κ3) is 5.48. The van der Waals surface area contributed by atoms with E-state index in [-0.39, 0.29) is 24.8 Å². The molecule has 0 radical (unpaired) electrons. The lowest BCUT2D eigenvalue weighted by atomic mass is 10.1. The molecule has 0 aliphatic heterocycles. The van der Waals surface area contributed by atoms with E-state index in [0.717, 1.165) is 5.56 Å². The zero-order chi connectivity index (χ0) is 15.0. The van der Waals surface area contributed by atoms with Crippen molar-refractivity contribution in [3.63, 3.8) is 0 Å². The number of hydrogen-bond acceptors (Lipinski definition) is 4. The van der Waals surface area contributed by atoms with E-state index >= 15 is 0 Å². The molecular formula is C14H18ClNO4. The monoisotopic (exact) mass is 299 g/mol. The largest absolute Gasteiger partial charge is 0.495 e. The van der Waals surface area contributed by atoms with Crippen LogP contribution in [0.3, 0.4) is 0 Å². The molecule has 0 saturated heterocycles. The molecular weight excluding hydrogens is 282 g/mol. The van der Waals surface area contributed by atoms with Crippen LogP contribution in [0.1, 0.15) is 18.4 Å². The first-order chi connectivity index (χ1) is 9.56. The number of halogens is 1. The highest BCUT2D eigenvalue weighted by Crippen LogP contribution is 2.25. The van der Waals surface area contributed by atoms with E-state index < -0.39 is 0 Å². The van der Waals surface area contributed by atoms with Crippen LogP contribution in [0, 0.1) is 0 Å². The highest BCUT2D eigenvalue weighted by atomic mass is 35.5. The second-order valence-electron chi connectivity index (χ2n) is 4.14. The molecule has 110 valence electrons. The molecule has 1 N–H and O–H groups in total. The molecule has 0 unspecified atom stereocenters. The Morgan fingerprint density at radius 3 is 2.60 bits per heavy atom. The van der Waals surface area contributed by atoms with Gasteiger partial charge in [-0.3, -0.25) is 9.59 Å². The lowest BCUT2D eigenvalue weighted by molar-refractivity contribution is -0.140. The molecule has 1 rings (SSSR count). The molecule has 20 heavy (non-hydrogen) atoms. The Balaban J connectivity index is 2.34. The van der Waals surface area contributed by atoms with Crippen molar-refractivity contribution in [1.82, 2.24) is 5.32 Å². The molecule has 1 aromatic carbocycles. The molecule has 1 amide bonds. The van der Waals surface area contributed by atoms with Crippen molar-refractivity contribution in [3.8, 4) is 5.75 Å². The minimum atomic E-state index is -0.341. The first kappa shape index (κ1) is 16.3. The SMILES string of the molecule is COC(=O)CCNC(=O)CCc1ccc(OC)c(Cl)c1. The molecule has 5 nitrogen and oxygen atoms in total. The van der Waals surface area contributed by atoms with Gasteiger partial charge in [-0.25, -0.2) is 0 Å². The number of carbonyl (C=O) groups is 2. The maximum atomic E-state index is 11.6. The van der Waals surface area contributed by atoms with E-state index in [0.29, 0.717) is 23.6 Å².